The average Bonchev–Trinajstić information content (AvgIpc) is 2.65. The second kappa shape index (κ2) is 7.93. The Balaban J connectivity index is 1.60. The summed E-state index contributed by atoms with van der Waals surface area (Å²) in [6.45, 7) is 2.42. The highest BCUT2D eigenvalue weighted by Crippen LogP contribution is 2.21. The Hall–Kier alpha value is -2.99. The monoisotopic (exact) mass is 370 g/mol. The van der Waals surface area contributed by atoms with Crippen molar-refractivity contribution < 1.29 is 9.18 Å². The van der Waals surface area contributed by atoms with Gasteiger partial charge in [-0.2, -0.15) is 0 Å². The van der Waals surface area contributed by atoms with E-state index in [1.165, 1.54) is 18.2 Å². The molecule has 3 aromatic rings. The van der Waals surface area contributed by atoms with E-state index in [1.807, 2.05) is 31.2 Å². The predicted octanol–water partition coefficient (Wildman–Crippen LogP) is 4.25. The molecule has 0 saturated heterocycles. The van der Waals surface area contributed by atoms with Gasteiger partial charge in [0.05, 0.1) is 5.02 Å². The lowest BCUT2D eigenvalue weighted by atomic mass is 10.1. The highest BCUT2D eigenvalue weighted by molar-refractivity contribution is 6.31. The van der Waals surface area contributed by atoms with E-state index in [0.717, 1.165) is 11.1 Å². The Morgan fingerprint density at radius 2 is 1.85 bits per heavy atom. The number of nitrogens with zero attached hydrogens (tertiary/aromatic N) is 2. The maximum Gasteiger partial charge on any atom is 0.272 e. The Morgan fingerprint density at radius 1 is 1.08 bits per heavy atom. The van der Waals surface area contributed by atoms with Crippen LogP contribution in [0.5, 0.6) is 0 Å². The number of halogens is 2. The maximum absolute atomic E-state index is 13.2. The molecule has 132 valence electrons. The van der Waals surface area contributed by atoms with Gasteiger partial charge in [-0.3, -0.25) is 4.79 Å². The lowest BCUT2D eigenvalue weighted by Gasteiger charge is -2.07. The number of nitrogens with one attached hydrogen (secondary N) is 2. The molecule has 0 fully saturated rings. The molecule has 7 heteroatoms. The highest BCUT2D eigenvalue weighted by Gasteiger charge is 2.08. The van der Waals surface area contributed by atoms with E-state index < -0.39 is 5.82 Å². The van der Waals surface area contributed by atoms with Crippen LogP contribution in [-0.2, 0) is 6.54 Å². The van der Waals surface area contributed by atoms with Crippen molar-refractivity contribution >= 4 is 29.0 Å². The van der Waals surface area contributed by atoms with Crippen molar-refractivity contribution in [2.75, 3.05) is 5.32 Å². The predicted molar refractivity (Wildman–Crippen MR) is 99.1 cm³/mol. The van der Waals surface area contributed by atoms with E-state index in [2.05, 4.69) is 20.8 Å². The topological polar surface area (TPSA) is 66.9 Å². The van der Waals surface area contributed by atoms with Crippen LogP contribution in [0, 0.1) is 12.7 Å². The second-order valence-electron chi connectivity index (χ2n) is 5.73. The van der Waals surface area contributed by atoms with Crippen molar-refractivity contribution in [2.45, 2.75) is 13.5 Å². The fraction of sp³-hybridized carbons (Fsp3) is 0.105. The molecule has 5 nitrogen and oxygen atoms in total. The quantitative estimate of drug-likeness (QED) is 0.704. The molecule has 26 heavy (non-hydrogen) atoms. The van der Waals surface area contributed by atoms with Crippen LogP contribution in [0.25, 0.3) is 0 Å². The summed E-state index contributed by atoms with van der Waals surface area (Å²) in [5.41, 5.74) is 2.95. The lowest BCUT2D eigenvalue weighted by Crippen LogP contribution is -2.24. The molecule has 0 atom stereocenters. The number of aromatic nitrogens is 2. The van der Waals surface area contributed by atoms with Crippen LogP contribution in [0.3, 0.4) is 0 Å². The molecule has 0 aliphatic heterocycles. The smallest absolute Gasteiger partial charge is 0.272 e. The first kappa shape index (κ1) is 17.8. The summed E-state index contributed by atoms with van der Waals surface area (Å²) in [5.74, 6) is -0.388. The van der Waals surface area contributed by atoms with Crippen LogP contribution in [0.4, 0.5) is 15.9 Å². The fourth-order valence-corrected chi connectivity index (χ4v) is 2.40. The number of carbonyl (C=O) groups excluding carboxylic acids is 1. The SMILES string of the molecule is Cc1ccc(CNC(=O)c2ccc(Nc3ccc(F)c(Cl)c3)nn2)cc1. The zero-order valence-corrected chi connectivity index (χ0v) is 14.7. The molecule has 0 aliphatic rings. The van der Waals surface area contributed by atoms with Gasteiger partial charge in [0.2, 0.25) is 0 Å². The Morgan fingerprint density at radius 3 is 2.50 bits per heavy atom. The maximum atomic E-state index is 13.2. The number of hydrogen-bond acceptors (Lipinski definition) is 4. The third kappa shape index (κ3) is 4.55. The van der Waals surface area contributed by atoms with Crippen molar-refractivity contribution in [3.63, 3.8) is 0 Å². The van der Waals surface area contributed by atoms with Crippen LogP contribution < -0.4 is 10.6 Å². The van der Waals surface area contributed by atoms with Crippen molar-refractivity contribution in [1.82, 2.24) is 15.5 Å². The van der Waals surface area contributed by atoms with Gasteiger partial charge < -0.3 is 10.6 Å². The summed E-state index contributed by atoms with van der Waals surface area (Å²) in [4.78, 5) is 12.1. The highest BCUT2D eigenvalue weighted by atomic mass is 35.5. The van der Waals surface area contributed by atoms with E-state index in [4.69, 9.17) is 11.6 Å². The van der Waals surface area contributed by atoms with E-state index in [1.54, 1.807) is 12.1 Å². The van der Waals surface area contributed by atoms with Gasteiger partial charge in [-0.1, -0.05) is 41.4 Å². The number of benzene rings is 2. The second-order valence-corrected chi connectivity index (χ2v) is 6.13. The standard InChI is InChI=1S/C19H16ClFN4O/c1-12-2-4-13(5-3-12)11-22-19(26)17-8-9-18(25-24-17)23-14-6-7-16(21)15(20)10-14/h2-10H,11H2,1H3,(H,22,26)(H,23,25). The minimum absolute atomic E-state index is 0.00932. The van der Waals surface area contributed by atoms with Crippen LogP contribution in [0.15, 0.2) is 54.6 Å². The van der Waals surface area contributed by atoms with Gasteiger partial charge >= 0.3 is 0 Å². The molecule has 0 unspecified atom stereocenters. The zero-order valence-electron chi connectivity index (χ0n) is 14.0. The van der Waals surface area contributed by atoms with E-state index in [9.17, 15) is 9.18 Å². The Bertz CT molecular complexity index is 914. The van der Waals surface area contributed by atoms with Gasteiger partial charge in [-0.15, -0.1) is 10.2 Å². The van der Waals surface area contributed by atoms with Crippen molar-refractivity contribution in [3.05, 3.63) is 82.3 Å². The summed E-state index contributed by atoms with van der Waals surface area (Å²) in [6, 6.07) is 15.3. The van der Waals surface area contributed by atoms with E-state index in [-0.39, 0.29) is 16.6 Å². The molecule has 1 heterocycles. The zero-order chi connectivity index (χ0) is 18.5. The normalized spacial score (nSPS) is 10.4. The number of anilines is 2. The van der Waals surface area contributed by atoms with Gasteiger partial charge in [-0.25, -0.2) is 4.39 Å². The van der Waals surface area contributed by atoms with Crippen molar-refractivity contribution in [1.29, 1.82) is 0 Å². The third-order valence-electron chi connectivity index (χ3n) is 3.66. The van der Waals surface area contributed by atoms with Gasteiger partial charge in [0.25, 0.3) is 5.91 Å². The number of aryl methyl sites for hydroxylation is 1. The first-order valence-electron chi connectivity index (χ1n) is 7.91. The van der Waals surface area contributed by atoms with Crippen molar-refractivity contribution in [2.24, 2.45) is 0 Å². The third-order valence-corrected chi connectivity index (χ3v) is 3.95. The minimum Gasteiger partial charge on any atom is -0.347 e. The van der Waals surface area contributed by atoms with Crippen molar-refractivity contribution in [3.8, 4) is 0 Å². The van der Waals surface area contributed by atoms with Gasteiger partial charge in [0.15, 0.2) is 11.5 Å². The first-order valence-corrected chi connectivity index (χ1v) is 8.28. The molecule has 1 amide bonds. The van der Waals surface area contributed by atoms with Crippen LogP contribution in [0.1, 0.15) is 21.6 Å². The van der Waals surface area contributed by atoms with Gasteiger partial charge in [-0.05, 0) is 42.8 Å². The summed E-state index contributed by atoms with van der Waals surface area (Å²) in [5, 5.41) is 13.6. The molecule has 2 aromatic carbocycles. The summed E-state index contributed by atoms with van der Waals surface area (Å²) < 4.78 is 13.2. The minimum atomic E-state index is -0.496. The largest absolute Gasteiger partial charge is 0.347 e. The number of amides is 1. The summed E-state index contributed by atoms with van der Waals surface area (Å²) >= 11 is 5.74. The van der Waals surface area contributed by atoms with Crippen LogP contribution in [0.2, 0.25) is 5.02 Å². The molecule has 0 aliphatic carbocycles. The van der Waals surface area contributed by atoms with Crippen LogP contribution >= 0.6 is 11.6 Å². The van der Waals surface area contributed by atoms with E-state index in [0.29, 0.717) is 18.1 Å². The molecule has 0 radical (unpaired) electrons. The summed E-state index contributed by atoms with van der Waals surface area (Å²) in [7, 11) is 0. The molecule has 1 aromatic heterocycles. The Kier molecular flexibility index (Phi) is 5.43. The van der Waals surface area contributed by atoms with Gasteiger partial charge in [0.1, 0.15) is 5.82 Å². The molecule has 0 bridgehead atoms. The Labute approximate surface area is 155 Å². The molecular weight excluding hydrogens is 355 g/mol. The van der Waals surface area contributed by atoms with Gasteiger partial charge in [0, 0.05) is 12.2 Å². The summed E-state index contributed by atoms with van der Waals surface area (Å²) in [6.07, 6.45) is 0. The van der Waals surface area contributed by atoms with Crippen LogP contribution in [-0.4, -0.2) is 16.1 Å². The average molecular weight is 371 g/mol. The first-order chi connectivity index (χ1) is 12.5. The fourth-order valence-electron chi connectivity index (χ4n) is 2.22. The number of carbonyl (C=O) groups is 1. The van der Waals surface area contributed by atoms with E-state index >= 15 is 0 Å². The molecule has 3 rings (SSSR count). The molecule has 0 spiro atoms. The molecule has 0 saturated carbocycles. The lowest BCUT2D eigenvalue weighted by molar-refractivity contribution is 0.0945. The molecular formula is C19H16ClFN4O. The molecule has 2 N–H and O–H groups in total. The number of hydrogen-bond donors (Lipinski definition) is 2. The number of rotatable bonds is 5.